The molecule has 0 spiro atoms. The summed E-state index contributed by atoms with van der Waals surface area (Å²) in [6, 6.07) is 3.76. The Labute approximate surface area is 120 Å². The van der Waals surface area contributed by atoms with Crippen LogP contribution in [0.2, 0.25) is 0 Å². The number of halogens is 1. The lowest BCUT2D eigenvalue weighted by Gasteiger charge is -2.32. The van der Waals surface area contributed by atoms with Gasteiger partial charge in [-0.15, -0.1) is 0 Å². The predicted octanol–water partition coefficient (Wildman–Crippen LogP) is 2.23. The van der Waals surface area contributed by atoms with E-state index in [9.17, 15) is 9.50 Å². The second-order valence-electron chi connectivity index (χ2n) is 4.90. The third-order valence-electron chi connectivity index (χ3n) is 3.71. The molecule has 1 aromatic carbocycles. The summed E-state index contributed by atoms with van der Waals surface area (Å²) in [5, 5.41) is 13.2. The number of ether oxygens (including phenoxy) is 2. The fraction of sp³-hybridized carbons (Fsp3) is 0.429. The molecule has 1 fully saturated rings. The number of phenolic OH excluding ortho intramolecular Hbond substituents is 1. The van der Waals surface area contributed by atoms with Crippen LogP contribution in [0.5, 0.6) is 5.75 Å². The van der Waals surface area contributed by atoms with Crippen molar-refractivity contribution < 1.29 is 23.5 Å². The minimum Gasteiger partial charge on any atom is -0.508 e. The average molecular weight is 294 g/mol. The molecule has 1 N–H and O–H groups in total. The van der Waals surface area contributed by atoms with Gasteiger partial charge in [0.2, 0.25) is 5.82 Å². The fourth-order valence-electron chi connectivity index (χ4n) is 2.42. The first-order valence-electron chi connectivity index (χ1n) is 6.60. The highest BCUT2D eigenvalue weighted by Gasteiger charge is 2.39. The lowest BCUT2D eigenvalue weighted by atomic mass is 9.93. The van der Waals surface area contributed by atoms with Crippen LogP contribution >= 0.6 is 0 Å². The predicted molar refractivity (Wildman–Crippen MR) is 70.1 cm³/mol. The fourth-order valence-corrected chi connectivity index (χ4v) is 2.42. The molecule has 0 radical (unpaired) electrons. The summed E-state index contributed by atoms with van der Waals surface area (Å²) < 4.78 is 29.9. The number of methoxy groups -OCH3 is 1. The van der Waals surface area contributed by atoms with Crippen molar-refractivity contribution in [1.29, 1.82) is 0 Å². The normalized spacial score (nSPS) is 17.8. The highest BCUT2D eigenvalue weighted by atomic mass is 19.1. The van der Waals surface area contributed by atoms with Crippen LogP contribution in [0.3, 0.4) is 0 Å². The van der Waals surface area contributed by atoms with Crippen LogP contribution in [0.4, 0.5) is 4.39 Å². The Bertz CT molecular complexity index is 638. The molecule has 1 aliphatic rings. The van der Waals surface area contributed by atoms with E-state index in [1.54, 1.807) is 7.11 Å². The molecule has 1 aliphatic heterocycles. The molecule has 0 bridgehead atoms. The standard InChI is InChI=1S/C14H15FN2O4/c1-19-14(4-6-20-7-5-14)13-16-12(21-17-13)10-3-2-9(18)8-11(10)15/h2-3,8,18H,4-7H2,1H3. The summed E-state index contributed by atoms with van der Waals surface area (Å²) >= 11 is 0. The van der Waals surface area contributed by atoms with Crippen molar-refractivity contribution in [3.05, 3.63) is 29.8 Å². The summed E-state index contributed by atoms with van der Waals surface area (Å²) in [6.45, 7) is 1.09. The number of hydrogen-bond donors (Lipinski definition) is 1. The van der Waals surface area contributed by atoms with Crippen molar-refractivity contribution in [3.8, 4) is 17.2 Å². The minimum absolute atomic E-state index is 0.0606. The smallest absolute Gasteiger partial charge is 0.261 e. The molecule has 6 nitrogen and oxygen atoms in total. The number of hydrogen-bond acceptors (Lipinski definition) is 6. The highest BCUT2D eigenvalue weighted by Crippen LogP contribution is 2.35. The molecule has 0 unspecified atom stereocenters. The number of phenols is 1. The molecule has 0 aliphatic carbocycles. The molecule has 112 valence electrons. The maximum Gasteiger partial charge on any atom is 0.261 e. The van der Waals surface area contributed by atoms with E-state index in [-0.39, 0.29) is 17.2 Å². The van der Waals surface area contributed by atoms with E-state index in [4.69, 9.17) is 14.0 Å². The second kappa shape index (κ2) is 5.42. The monoisotopic (exact) mass is 294 g/mol. The molecule has 2 aromatic rings. The lowest BCUT2D eigenvalue weighted by molar-refractivity contribution is -0.101. The van der Waals surface area contributed by atoms with Gasteiger partial charge >= 0.3 is 0 Å². The third kappa shape index (κ3) is 2.50. The third-order valence-corrected chi connectivity index (χ3v) is 3.71. The summed E-state index contributed by atoms with van der Waals surface area (Å²) in [5.41, 5.74) is -0.516. The highest BCUT2D eigenvalue weighted by molar-refractivity contribution is 5.55. The SMILES string of the molecule is COC1(c2noc(-c3ccc(O)cc3F)n2)CCOCC1. The Morgan fingerprint density at radius 1 is 1.33 bits per heavy atom. The molecular weight excluding hydrogens is 279 g/mol. The first-order valence-corrected chi connectivity index (χ1v) is 6.60. The van der Waals surface area contributed by atoms with E-state index in [1.807, 2.05) is 0 Å². The van der Waals surface area contributed by atoms with Gasteiger partial charge in [-0.2, -0.15) is 4.98 Å². The Morgan fingerprint density at radius 3 is 2.76 bits per heavy atom. The topological polar surface area (TPSA) is 77.6 Å². The van der Waals surface area contributed by atoms with Gasteiger partial charge in [-0.3, -0.25) is 0 Å². The first kappa shape index (κ1) is 14.0. The Kier molecular flexibility index (Phi) is 3.60. The van der Waals surface area contributed by atoms with E-state index in [2.05, 4.69) is 10.1 Å². The largest absolute Gasteiger partial charge is 0.508 e. The maximum absolute atomic E-state index is 13.8. The van der Waals surface area contributed by atoms with Crippen molar-refractivity contribution in [2.45, 2.75) is 18.4 Å². The molecular formula is C14H15FN2O4. The van der Waals surface area contributed by atoms with Gasteiger partial charge in [0.25, 0.3) is 5.89 Å². The van der Waals surface area contributed by atoms with E-state index >= 15 is 0 Å². The van der Waals surface area contributed by atoms with E-state index < -0.39 is 11.4 Å². The number of benzene rings is 1. The average Bonchev–Trinajstić information content (AvgIpc) is 2.98. The van der Waals surface area contributed by atoms with Crippen molar-refractivity contribution >= 4 is 0 Å². The van der Waals surface area contributed by atoms with Crippen LogP contribution in [0.1, 0.15) is 18.7 Å². The van der Waals surface area contributed by atoms with Crippen molar-refractivity contribution in [1.82, 2.24) is 10.1 Å². The van der Waals surface area contributed by atoms with Crippen LogP contribution in [0.15, 0.2) is 22.7 Å². The van der Waals surface area contributed by atoms with Gasteiger partial charge in [-0.25, -0.2) is 4.39 Å². The second-order valence-corrected chi connectivity index (χ2v) is 4.90. The van der Waals surface area contributed by atoms with Gasteiger partial charge < -0.3 is 19.1 Å². The van der Waals surface area contributed by atoms with Gasteiger partial charge in [0.15, 0.2) is 0 Å². The zero-order valence-electron chi connectivity index (χ0n) is 11.5. The molecule has 3 rings (SSSR count). The summed E-state index contributed by atoms with van der Waals surface area (Å²) in [6.07, 6.45) is 1.22. The molecule has 7 heteroatoms. The van der Waals surface area contributed by atoms with Gasteiger partial charge in [0, 0.05) is 39.2 Å². The molecule has 0 amide bonds. The van der Waals surface area contributed by atoms with E-state index in [1.165, 1.54) is 12.1 Å². The van der Waals surface area contributed by atoms with Crippen LogP contribution < -0.4 is 0 Å². The zero-order valence-corrected chi connectivity index (χ0v) is 11.5. The van der Waals surface area contributed by atoms with Gasteiger partial charge in [-0.1, -0.05) is 5.16 Å². The van der Waals surface area contributed by atoms with Crippen LogP contribution in [0, 0.1) is 5.82 Å². The number of nitrogens with zero attached hydrogens (tertiary/aromatic N) is 2. The van der Waals surface area contributed by atoms with Crippen molar-refractivity contribution in [2.24, 2.45) is 0 Å². The Morgan fingerprint density at radius 2 is 2.10 bits per heavy atom. The molecule has 0 saturated carbocycles. The summed E-state index contributed by atoms with van der Waals surface area (Å²) in [7, 11) is 1.59. The van der Waals surface area contributed by atoms with E-state index in [0.29, 0.717) is 31.9 Å². The van der Waals surface area contributed by atoms with Gasteiger partial charge in [-0.05, 0) is 12.1 Å². The number of aromatic hydroxyl groups is 1. The van der Waals surface area contributed by atoms with Gasteiger partial charge in [0.05, 0.1) is 5.56 Å². The van der Waals surface area contributed by atoms with Crippen LogP contribution in [0.25, 0.3) is 11.5 Å². The van der Waals surface area contributed by atoms with Crippen molar-refractivity contribution in [2.75, 3.05) is 20.3 Å². The molecule has 1 aromatic heterocycles. The molecule has 0 atom stereocenters. The summed E-state index contributed by atoms with van der Waals surface area (Å²) in [4.78, 5) is 4.26. The molecule has 2 heterocycles. The van der Waals surface area contributed by atoms with Crippen LogP contribution in [-0.2, 0) is 15.1 Å². The molecule has 21 heavy (non-hydrogen) atoms. The van der Waals surface area contributed by atoms with Crippen molar-refractivity contribution in [3.63, 3.8) is 0 Å². The minimum atomic E-state index is -0.659. The summed E-state index contributed by atoms with van der Waals surface area (Å²) in [5.74, 6) is -0.335. The lowest BCUT2D eigenvalue weighted by Crippen LogP contribution is -2.36. The zero-order chi connectivity index (χ0) is 14.9. The molecule has 1 saturated heterocycles. The number of aromatic nitrogens is 2. The van der Waals surface area contributed by atoms with Gasteiger partial charge in [0.1, 0.15) is 17.2 Å². The Balaban J connectivity index is 1.95. The first-order chi connectivity index (χ1) is 10.1. The Hall–Kier alpha value is -1.99. The quantitative estimate of drug-likeness (QED) is 0.935. The van der Waals surface area contributed by atoms with E-state index in [0.717, 1.165) is 6.07 Å². The number of rotatable bonds is 3. The van der Waals surface area contributed by atoms with Crippen LogP contribution in [-0.4, -0.2) is 35.6 Å². The maximum atomic E-state index is 13.8.